The van der Waals surface area contributed by atoms with E-state index in [2.05, 4.69) is 22.0 Å². The van der Waals surface area contributed by atoms with E-state index in [0.717, 1.165) is 44.7 Å². The minimum absolute atomic E-state index is 0.0240. The maximum absolute atomic E-state index is 13.1. The minimum Gasteiger partial charge on any atom is -0.356 e. The van der Waals surface area contributed by atoms with E-state index < -0.39 is 10.2 Å². The number of hydrogen-bond donors (Lipinski definition) is 1. The number of likely N-dealkylation sites (tertiary alicyclic amines) is 2. The number of nitrogens with zero attached hydrogens (tertiary/aromatic N) is 4. The molecule has 0 spiro atoms. The molecule has 0 aromatic rings. The van der Waals surface area contributed by atoms with Crippen LogP contribution in [0.4, 0.5) is 0 Å². The fraction of sp³-hybridized carbons (Fsp3) is 0.960. The van der Waals surface area contributed by atoms with E-state index in [-0.39, 0.29) is 11.8 Å². The van der Waals surface area contributed by atoms with E-state index in [1.54, 1.807) is 8.61 Å². The summed E-state index contributed by atoms with van der Waals surface area (Å²) in [5.74, 6) is 0.385. The summed E-state index contributed by atoms with van der Waals surface area (Å²) in [7, 11) is -3.45. The largest absolute Gasteiger partial charge is 0.356 e. The second-order valence-electron chi connectivity index (χ2n) is 11.1. The van der Waals surface area contributed by atoms with Gasteiger partial charge in [-0.2, -0.15) is 17.0 Å². The van der Waals surface area contributed by atoms with Crippen LogP contribution in [0.3, 0.4) is 0 Å². The molecule has 1 amide bonds. The van der Waals surface area contributed by atoms with E-state index in [4.69, 9.17) is 0 Å². The van der Waals surface area contributed by atoms with Crippen molar-refractivity contribution in [2.24, 2.45) is 11.8 Å². The van der Waals surface area contributed by atoms with Crippen LogP contribution >= 0.6 is 0 Å². The van der Waals surface area contributed by atoms with Crippen LogP contribution in [0.1, 0.15) is 71.1 Å². The van der Waals surface area contributed by atoms with Gasteiger partial charge in [0.1, 0.15) is 0 Å². The smallest absolute Gasteiger partial charge is 0.281 e. The lowest BCUT2D eigenvalue weighted by molar-refractivity contribution is -0.126. The predicted molar refractivity (Wildman–Crippen MR) is 136 cm³/mol. The molecule has 9 heteroatoms. The molecule has 4 aliphatic heterocycles. The molecule has 8 nitrogen and oxygen atoms in total. The highest BCUT2D eigenvalue weighted by Gasteiger charge is 2.37. The van der Waals surface area contributed by atoms with E-state index >= 15 is 0 Å². The lowest BCUT2D eigenvalue weighted by Crippen LogP contribution is -2.52. The van der Waals surface area contributed by atoms with Crippen molar-refractivity contribution in [3.63, 3.8) is 0 Å². The molecule has 4 heterocycles. The van der Waals surface area contributed by atoms with E-state index in [0.29, 0.717) is 38.6 Å². The molecule has 0 aliphatic carbocycles. The maximum atomic E-state index is 13.1. The minimum atomic E-state index is -3.45. The number of hydrogen-bond acceptors (Lipinski definition) is 5. The van der Waals surface area contributed by atoms with Gasteiger partial charge in [0.05, 0.1) is 5.92 Å². The molecule has 0 radical (unpaired) electrons. The number of piperidine rings is 4. The van der Waals surface area contributed by atoms with Crippen molar-refractivity contribution in [2.75, 3.05) is 65.4 Å². The average molecular weight is 498 g/mol. The highest BCUT2D eigenvalue weighted by atomic mass is 32.2. The molecule has 1 unspecified atom stereocenters. The second-order valence-corrected chi connectivity index (χ2v) is 13.0. The Morgan fingerprint density at radius 2 is 1.53 bits per heavy atom. The maximum Gasteiger partial charge on any atom is 0.281 e. The summed E-state index contributed by atoms with van der Waals surface area (Å²) in [5.41, 5.74) is 0. The van der Waals surface area contributed by atoms with Gasteiger partial charge in [-0.15, -0.1) is 0 Å². The van der Waals surface area contributed by atoms with Crippen LogP contribution in [0, 0.1) is 11.8 Å². The molecule has 34 heavy (non-hydrogen) atoms. The van der Waals surface area contributed by atoms with Gasteiger partial charge in [0.25, 0.3) is 10.2 Å². The van der Waals surface area contributed by atoms with Crippen LogP contribution in [-0.2, 0) is 15.0 Å². The first-order valence-electron chi connectivity index (χ1n) is 13.9. The van der Waals surface area contributed by atoms with Gasteiger partial charge in [-0.3, -0.25) is 4.79 Å². The van der Waals surface area contributed by atoms with Crippen molar-refractivity contribution in [1.82, 2.24) is 23.7 Å². The Kier molecular flexibility index (Phi) is 9.66. The van der Waals surface area contributed by atoms with Gasteiger partial charge in [0.2, 0.25) is 5.91 Å². The molecule has 0 bridgehead atoms. The SMILES string of the molecule is CC1CCN(S(=O)(=O)N2CCCC(C(=O)NCCCN3CCC(N4CCCCC4)CC3)C2)CC1. The third-order valence-corrected chi connectivity index (χ3v) is 10.6. The molecule has 0 aromatic heterocycles. The predicted octanol–water partition coefficient (Wildman–Crippen LogP) is 2.13. The van der Waals surface area contributed by atoms with Crippen molar-refractivity contribution < 1.29 is 13.2 Å². The molecule has 4 fully saturated rings. The molecule has 4 aliphatic rings. The Morgan fingerprint density at radius 1 is 0.824 bits per heavy atom. The highest BCUT2D eigenvalue weighted by molar-refractivity contribution is 7.86. The zero-order valence-electron chi connectivity index (χ0n) is 21.3. The quantitative estimate of drug-likeness (QED) is 0.520. The topological polar surface area (TPSA) is 76.2 Å². The summed E-state index contributed by atoms with van der Waals surface area (Å²) in [6.45, 7) is 10.9. The molecule has 4 saturated heterocycles. The van der Waals surface area contributed by atoms with Gasteiger partial charge in [-0.25, -0.2) is 0 Å². The van der Waals surface area contributed by atoms with Crippen LogP contribution in [-0.4, -0.2) is 104 Å². The van der Waals surface area contributed by atoms with Crippen molar-refractivity contribution in [3.8, 4) is 0 Å². The number of rotatable bonds is 8. The van der Waals surface area contributed by atoms with Crippen LogP contribution in [0.5, 0.6) is 0 Å². The average Bonchev–Trinajstić information content (AvgIpc) is 2.88. The van der Waals surface area contributed by atoms with Gasteiger partial charge in [0.15, 0.2) is 0 Å². The summed E-state index contributed by atoms with van der Waals surface area (Å²) < 4.78 is 29.4. The van der Waals surface area contributed by atoms with Crippen molar-refractivity contribution in [1.29, 1.82) is 0 Å². The molecule has 196 valence electrons. The molecule has 4 rings (SSSR count). The van der Waals surface area contributed by atoms with E-state index in [1.807, 2.05) is 0 Å². The fourth-order valence-electron chi connectivity index (χ4n) is 6.20. The third kappa shape index (κ3) is 6.93. The Balaban J connectivity index is 1.13. The summed E-state index contributed by atoms with van der Waals surface area (Å²) in [6, 6.07) is 0.773. The second kappa shape index (κ2) is 12.5. The third-order valence-electron chi connectivity index (χ3n) is 8.56. The number of nitrogens with one attached hydrogen (secondary N) is 1. The van der Waals surface area contributed by atoms with Gasteiger partial charge >= 0.3 is 0 Å². The zero-order valence-corrected chi connectivity index (χ0v) is 22.1. The summed E-state index contributed by atoms with van der Waals surface area (Å²) in [4.78, 5) is 18.0. The van der Waals surface area contributed by atoms with Crippen molar-refractivity contribution in [3.05, 3.63) is 0 Å². The number of carbonyl (C=O) groups is 1. The van der Waals surface area contributed by atoms with Gasteiger partial charge in [-0.05, 0) is 96.4 Å². The molecule has 1 atom stereocenters. The standard InChI is InChI=1S/C25H47N5O3S/c1-22-8-19-29(20-9-22)34(32,33)30-16-5-7-23(21-30)25(31)26-12-6-13-27-17-10-24(11-18-27)28-14-3-2-4-15-28/h22-24H,2-21H2,1H3,(H,26,31). The monoisotopic (exact) mass is 497 g/mol. The van der Waals surface area contributed by atoms with Crippen molar-refractivity contribution in [2.45, 2.75) is 77.2 Å². The van der Waals surface area contributed by atoms with Gasteiger partial charge < -0.3 is 15.1 Å². The summed E-state index contributed by atoms with van der Waals surface area (Å²) in [6.07, 6.45) is 11.0. The van der Waals surface area contributed by atoms with Crippen LogP contribution in [0.15, 0.2) is 0 Å². The Bertz CT molecular complexity index is 742. The molecular weight excluding hydrogens is 450 g/mol. The first-order valence-corrected chi connectivity index (χ1v) is 15.3. The van der Waals surface area contributed by atoms with Gasteiger partial charge in [0, 0.05) is 38.8 Å². The lowest BCUT2D eigenvalue weighted by atomic mass is 9.99. The fourth-order valence-corrected chi connectivity index (χ4v) is 7.92. The number of carbonyl (C=O) groups excluding carboxylic acids is 1. The van der Waals surface area contributed by atoms with Gasteiger partial charge in [-0.1, -0.05) is 13.3 Å². The van der Waals surface area contributed by atoms with E-state index in [9.17, 15) is 13.2 Å². The van der Waals surface area contributed by atoms with Crippen LogP contribution < -0.4 is 5.32 Å². The summed E-state index contributed by atoms with van der Waals surface area (Å²) in [5, 5.41) is 3.10. The molecule has 0 saturated carbocycles. The normalized spacial score (nSPS) is 28.2. The Hall–Kier alpha value is -0.740. The van der Waals surface area contributed by atoms with Crippen LogP contribution in [0.2, 0.25) is 0 Å². The highest BCUT2D eigenvalue weighted by Crippen LogP contribution is 2.25. The zero-order chi connectivity index (χ0) is 24.0. The molecule has 1 N–H and O–H groups in total. The van der Waals surface area contributed by atoms with Crippen molar-refractivity contribution >= 4 is 16.1 Å². The Morgan fingerprint density at radius 3 is 2.24 bits per heavy atom. The molecule has 0 aromatic carbocycles. The first kappa shape index (κ1) is 26.3. The molecular formula is C25H47N5O3S. The van der Waals surface area contributed by atoms with Crippen LogP contribution in [0.25, 0.3) is 0 Å². The van der Waals surface area contributed by atoms with E-state index in [1.165, 1.54) is 58.3 Å². The first-order chi connectivity index (χ1) is 16.4. The summed E-state index contributed by atoms with van der Waals surface area (Å²) >= 11 is 0. The lowest BCUT2D eigenvalue weighted by Gasteiger charge is -2.40. The Labute approximate surface area is 207 Å². The number of amides is 1.